The zero-order valence-electron chi connectivity index (χ0n) is 12.6. The van der Waals surface area contributed by atoms with Crippen LogP contribution in [0.2, 0.25) is 5.02 Å². The van der Waals surface area contributed by atoms with Gasteiger partial charge in [0, 0.05) is 19.4 Å². The molecule has 0 bridgehead atoms. The molecule has 3 rings (SSSR count). The Labute approximate surface area is 139 Å². The van der Waals surface area contributed by atoms with Gasteiger partial charge in [0.25, 0.3) is 0 Å². The number of benzene rings is 1. The number of carbonyl (C=O) groups excluding carboxylic acids is 2. The summed E-state index contributed by atoms with van der Waals surface area (Å²) < 4.78 is 11.6. The predicted molar refractivity (Wildman–Crippen MR) is 85.1 cm³/mol. The molecule has 0 aromatic heterocycles. The van der Waals surface area contributed by atoms with E-state index in [1.165, 1.54) is 0 Å². The number of para-hydroxylation sites is 1. The molecule has 1 spiro atoms. The maximum absolute atomic E-state index is 11.9. The minimum absolute atomic E-state index is 0.217. The van der Waals surface area contributed by atoms with Crippen LogP contribution in [0.1, 0.15) is 25.7 Å². The summed E-state index contributed by atoms with van der Waals surface area (Å²) >= 11 is 5.94. The summed E-state index contributed by atoms with van der Waals surface area (Å²) in [6.45, 7) is 0.683. The van der Waals surface area contributed by atoms with E-state index in [9.17, 15) is 9.59 Å². The number of halogens is 1. The first-order chi connectivity index (χ1) is 11.1. The van der Waals surface area contributed by atoms with Gasteiger partial charge in [-0.05, 0) is 25.0 Å². The Morgan fingerprint density at radius 1 is 1.22 bits per heavy atom. The highest BCUT2D eigenvalue weighted by molar-refractivity contribution is 6.41. The Morgan fingerprint density at radius 2 is 1.96 bits per heavy atom. The number of hydrogen-bond donors (Lipinski definition) is 2. The average molecular weight is 339 g/mol. The molecule has 7 heteroatoms. The van der Waals surface area contributed by atoms with E-state index in [4.69, 9.17) is 21.1 Å². The molecular weight excluding hydrogens is 320 g/mol. The molecule has 1 heterocycles. The van der Waals surface area contributed by atoms with Gasteiger partial charge in [0.1, 0.15) is 6.10 Å². The van der Waals surface area contributed by atoms with Crippen molar-refractivity contribution in [1.82, 2.24) is 5.32 Å². The summed E-state index contributed by atoms with van der Waals surface area (Å²) in [5, 5.41) is 5.43. The summed E-state index contributed by atoms with van der Waals surface area (Å²) in [5.74, 6) is -1.94. The maximum Gasteiger partial charge on any atom is 0.313 e. The highest BCUT2D eigenvalue weighted by Crippen LogP contribution is 2.38. The summed E-state index contributed by atoms with van der Waals surface area (Å²) in [6.07, 6.45) is 3.76. The molecule has 2 aliphatic rings. The molecular formula is C16H19ClN2O4. The van der Waals surface area contributed by atoms with Crippen LogP contribution in [0.15, 0.2) is 24.3 Å². The zero-order chi connectivity index (χ0) is 16.3. The SMILES string of the molecule is O=C(NC[C@@H]1COC2(CCCC2)O1)C(=O)Nc1ccccc1Cl. The zero-order valence-corrected chi connectivity index (χ0v) is 13.4. The van der Waals surface area contributed by atoms with Crippen molar-refractivity contribution in [3.63, 3.8) is 0 Å². The van der Waals surface area contributed by atoms with Crippen molar-refractivity contribution >= 4 is 29.1 Å². The van der Waals surface area contributed by atoms with Gasteiger partial charge in [-0.25, -0.2) is 0 Å². The quantitative estimate of drug-likeness (QED) is 0.827. The molecule has 124 valence electrons. The highest BCUT2D eigenvalue weighted by atomic mass is 35.5. The molecule has 1 aliphatic heterocycles. The largest absolute Gasteiger partial charge is 0.347 e. The summed E-state index contributed by atoms with van der Waals surface area (Å²) in [4.78, 5) is 23.7. The van der Waals surface area contributed by atoms with Crippen LogP contribution >= 0.6 is 11.6 Å². The van der Waals surface area contributed by atoms with E-state index in [2.05, 4.69) is 10.6 Å². The van der Waals surface area contributed by atoms with Gasteiger partial charge in [0.15, 0.2) is 5.79 Å². The summed E-state index contributed by atoms with van der Waals surface area (Å²) in [6, 6.07) is 6.74. The van der Waals surface area contributed by atoms with Crippen molar-refractivity contribution in [2.24, 2.45) is 0 Å². The van der Waals surface area contributed by atoms with E-state index in [0.29, 0.717) is 17.3 Å². The van der Waals surface area contributed by atoms with E-state index in [0.717, 1.165) is 25.7 Å². The third-order valence-electron chi connectivity index (χ3n) is 4.10. The fourth-order valence-corrected chi connectivity index (χ4v) is 3.10. The van der Waals surface area contributed by atoms with Gasteiger partial charge in [-0.1, -0.05) is 23.7 Å². The lowest BCUT2D eigenvalue weighted by molar-refractivity contribution is -0.161. The monoisotopic (exact) mass is 338 g/mol. The van der Waals surface area contributed by atoms with Crippen molar-refractivity contribution in [2.45, 2.75) is 37.6 Å². The minimum Gasteiger partial charge on any atom is -0.347 e. The molecule has 2 amide bonds. The van der Waals surface area contributed by atoms with Crippen LogP contribution in [0.3, 0.4) is 0 Å². The number of nitrogens with one attached hydrogen (secondary N) is 2. The molecule has 1 atom stereocenters. The molecule has 23 heavy (non-hydrogen) atoms. The lowest BCUT2D eigenvalue weighted by Gasteiger charge is -2.21. The average Bonchev–Trinajstić information content (AvgIpc) is 3.17. The Kier molecular flexibility index (Phi) is 4.84. The molecule has 0 radical (unpaired) electrons. The van der Waals surface area contributed by atoms with Crippen molar-refractivity contribution in [2.75, 3.05) is 18.5 Å². The predicted octanol–water partition coefficient (Wildman–Crippen LogP) is 2.08. The molecule has 1 saturated carbocycles. The second-order valence-electron chi connectivity index (χ2n) is 5.81. The molecule has 2 N–H and O–H groups in total. The number of amides is 2. The third kappa shape index (κ3) is 3.83. The maximum atomic E-state index is 11.9. The fraction of sp³-hybridized carbons (Fsp3) is 0.500. The van der Waals surface area contributed by atoms with E-state index < -0.39 is 17.6 Å². The fourth-order valence-electron chi connectivity index (χ4n) is 2.92. The number of rotatable bonds is 3. The van der Waals surface area contributed by atoms with Gasteiger partial charge in [-0.2, -0.15) is 0 Å². The van der Waals surface area contributed by atoms with Gasteiger partial charge >= 0.3 is 11.8 Å². The normalized spacial score (nSPS) is 22.2. The summed E-state index contributed by atoms with van der Waals surface area (Å²) in [5.41, 5.74) is 0.402. The van der Waals surface area contributed by atoms with E-state index in [1.807, 2.05) is 0 Å². The molecule has 1 aliphatic carbocycles. The first-order valence-corrected chi connectivity index (χ1v) is 8.11. The van der Waals surface area contributed by atoms with Crippen molar-refractivity contribution < 1.29 is 19.1 Å². The van der Waals surface area contributed by atoms with Crippen LogP contribution in [0, 0.1) is 0 Å². The van der Waals surface area contributed by atoms with Crippen molar-refractivity contribution in [3.8, 4) is 0 Å². The molecule has 6 nitrogen and oxygen atoms in total. The first kappa shape index (κ1) is 16.2. The molecule has 2 fully saturated rings. The van der Waals surface area contributed by atoms with E-state index in [1.54, 1.807) is 24.3 Å². The topological polar surface area (TPSA) is 76.7 Å². The van der Waals surface area contributed by atoms with Crippen LogP contribution < -0.4 is 10.6 Å². The Morgan fingerprint density at radius 3 is 2.70 bits per heavy atom. The van der Waals surface area contributed by atoms with Crippen LogP contribution in [0.4, 0.5) is 5.69 Å². The Balaban J connectivity index is 1.46. The third-order valence-corrected chi connectivity index (χ3v) is 4.43. The molecule has 0 unspecified atom stereocenters. The van der Waals surface area contributed by atoms with Gasteiger partial charge in [0.05, 0.1) is 17.3 Å². The van der Waals surface area contributed by atoms with Crippen molar-refractivity contribution in [1.29, 1.82) is 0 Å². The van der Waals surface area contributed by atoms with Gasteiger partial charge in [0.2, 0.25) is 0 Å². The second-order valence-corrected chi connectivity index (χ2v) is 6.22. The Bertz CT molecular complexity index is 601. The van der Waals surface area contributed by atoms with Crippen LogP contribution in [0.5, 0.6) is 0 Å². The second kappa shape index (κ2) is 6.86. The number of hydrogen-bond acceptors (Lipinski definition) is 4. The standard InChI is InChI=1S/C16H19ClN2O4/c17-12-5-1-2-6-13(12)19-15(21)14(20)18-9-11-10-22-16(23-11)7-3-4-8-16/h1-2,5-6,11H,3-4,7-10H2,(H,18,20)(H,19,21)/t11-/m1/s1. The van der Waals surface area contributed by atoms with Crippen LogP contribution in [-0.2, 0) is 19.1 Å². The van der Waals surface area contributed by atoms with E-state index in [-0.39, 0.29) is 12.6 Å². The lowest BCUT2D eigenvalue weighted by Crippen LogP contribution is -2.40. The minimum atomic E-state index is -0.757. The van der Waals surface area contributed by atoms with Gasteiger partial charge in [-0.15, -0.1) is 0 Å². The summed E-state index contributed by atoms with van der Waals surface area (Å²) in [7, 11) is 0. The smallest absolute Gasteiger partial charge is 0.313 e. The number of anilines is 1. The van der Waals surface area contributed by atoms with Crippen molar-refractivity contribution in [3.05, 3.63) is 29.3 Å². The molecule has 1 aromatic carbocycles. The first-order valence-electron chi connectivity index (χ1n) is 7.73. The number of carbonyl (C=O) groups is 2. The van der Waals surface area contributed by atoms with Gasteiger partial charge < -0.3 is 20.1 Å². The molecule has 1 aromatic rings. The number of ether oxygens (including phenoxy) is 2. The van der Waals surface area contributed by atoms with E-state index >= 15 is 0 Å². The Hall–Kier alpha value is -1.63. The van der Waals surface area contributed by atoms with Crippen LogP contribution in [-0.4, -0.2) is 36.9 Å². The lowest BCUT2D eigenvalue weighted by atomic mass is 10.2. The highest BCUT2D eigenvalue weighted by Gasteiger charge is 2.43. The van der Waals surface area contributed by atoms with Gasteiger partial charge in [-0.3, -0.25) is 9.59 Å². The van der Waals surface area contributed by atoms with Crippen LogP contribution in [0.25, 0.3) is 0 Å². The molecule has 1 saturated heterocycles.